The Hall–Kier alpha value is -1.39. The third-order valence-electron chi connectivity index (χ3n) is 3.11. The number of aromatic nitrogens is 2. The Morgan fingerprint density at radius 1 is 1.28 bits per heavy atom. The molecule has 0 radical (unpaired) electrons. The normalized spacial score (nSPS) is 11.2. The number of aryl methyl sites for hydroxylation is 1. The smallest absolute Gasteiger partial charge is 0.123 e. The van der Waals surface area contributed by atoms with Crippen molar-refractivity contribution < 1.29 is 4.74 Å². The highest BCUT2D eigenvalue weighted by Gasteiger charge is 2.05. The summed E-state index contributed by atoms with van der Waals surface area (Å²) >= 11 is 0. The standard InChI is InChI=1S/C14H21N3O/c1-17-13-8-4-3-7-12(13)16-14(17)11-15-9-5-6-10-18-2/h3-4,7-8,15H,5-6,9-11H2,1-2H3. The summed E-state index contributed by atoms with van der Waals surface area (Å²) in [5, 5.41) is 3.42. The van der Waals surface area contributed by atoms with Crippen molar-refractivity contribution in [3.05, 3.63) is 30.1 Å². The van der Waals surface area contributed by atoms with E-state index in [9.17, 15) is 0 Å². The van der Waals surface area contributed by atoms with Gasteiger partial charge >= 0.3 is 0 Å². The number of rotatable bonds is 7. The second kappa shape index (κ2) is 6.52. The minimum Gasteiger partial charge on any atom is -0.385 e. The Balaban J connectivity index is 1.86. The van der Waals surface area contributed by atoms with E-state index in [-0.39, 0.29) is 0 Å². The van der Waals surface area contributed by atoms with Gasteiger partial charge in [0.1, 0.15) is 5.82 Å². The van der Waals surface area contributed by atoms with Gasteiger partial charge in [-0.3, -0.25) is 0 Å². The first-order valence-electron chi connectivity index (χ1n) is 6.43. The van der Waals surface area contributed by atoms with Gasteiger partial charge in [-0.05, 0) is 31.5 Å². The van der Waals surface area contributed by atoms with Crippen molar-refractivity contribution in [1.82, 2.24) is 14.9 Å². The highest BCUT2D eigenvalue weighted by molar-refractivity contribution is 5.75. The molecule has 1 N–H and O–H groups in total. The lowest BCUT2D eigenvalue weighted by atomic mass is 10.3. The second-order valence-corrected chi connectivity index (χ2v) is 4.45. The largest absolute Gasteiger partial charge is 0.385 e. The van der Waals surface area contributed by atoms with Crippen LogP contribution in [0.1, 0.15) is 18.7 Å². The van der Waals surface area contributed by atoms with Gasteiger partial charge in [-0.2, -0.15) is 0 Å². The Morgan fingerprint density at radius 3 is 2.89 bits per heavy atom. The average Bonchev–Trinajstić information content (AvgIpc) is 2.71. The summed E-state index contributed by atoms with van der Waals surface area (Å²) in [5.74, 6) is 1.09. The minimum atomic E-state index is 0.818. The van der Waals surface area contributed by atoms with Crippen LogP contribution in [0.15, 0.2) is 24.3 Å². The summed E-state index contributed by atoms with van der Waals surface area (Å²) in [6.07, 6.45) is 2.24. The van der Waals surface area contributed by atoms with Crippen LogP contribution in [-0.2, 0) is 18.3 Å². The fraction of sp³-hybridized carbons (Fsp3) is 0.500. The topological polar surface area (TPSA) is 39.1 Å². The molecular formula is C14H21N3O. The van der Waals surface area contributed by atoms with Crippen molar-refractivity contribution in [2.75, 3.05) is 20.3 Å². The van der Waals surface area contributed by atoms with Gasteiger partial charge in [0, 0.05) is 20.8 Å². The Labute approximate surface area is 108 Å². The van der Waals surface area contributed by atoms with Gasteiger partial charge in [0.2, 0.25) is 0 Å². The molecule has 1 aromatic carbocycles. The molecule has 2 rings (SSSR count). The van der Waals surface area contributed by atoms with Crippen LogP contribution in [0, 0.1) is 0 Å². The number of methoxy groups -OCH3 is 1. The number of fused-ring (bicyclic) bond motifs is 1. The van der Waals surface area contributed by atoms with E-state index in [1.165, 1.54) is 5.52 Å². The molecule has 0 spiro atoms. The number of imidazole rings is 1. The van der Waals surface area contributed by atoms with Crippen LogP contribution in [0.25, 0.3) is 11.0 Å². The highest BCUT2D eigenvalue weighted by atomic mass is 16.5. The second-order valence-electron chi connectivity index (χ2n) is 4.45. The van der Waals surface area contributed by atoms with Gasteiger partial charge in [0.25, 0.3) is 0 Å². The molecule has 0 aliphatic heterocycles. The van der Waals surface area contributed by atoms with Crippen molar-refractivity contribution in [3.63, 3.8) is 0 Å². The number of nitrogens with zero attached hydrogens (tertiary/aromatic N) is 2. The monoisotopic (exact) mass is 247 g/mol. The molecule has 0 amide bonds. The lowest BCUT2D eigenvalue weighted by Crippen LogP contribution is -2.17. The van der Waals surface area contributed by atoms with Crippen LogP contribution in [0.4, 0.5) is 0 Å². The molecular weight excluding hydrogens is 226 g/mol. The molecule has 98 valence electrons. The molecule has 0 unspecified atom stereocenters. The lowest BCUT2D eigenvalue weighted by Gasteiger charge is -2.05. The van der Waals surface area contributed by atoms with Crippen molar-refractivity contribution in [3.8, 4) is 0 Å². The first-order chi connectivity index (χ1) is 8.83. The first-order valence-corrected chi connectivity index (χ1v) is 6.43. The van der Waals surface area contributed by atoms with Crippen LogP contribution in [0.2, 0.25) is 0 Å². The molecule has 0 atom stereocenters. The number of ether oxygens (including phenoxy) is 1. The minimum absolute atomic E-state index is 0.818. The predicted molar refractivity (Wildman–Crippen MR) is 73.5 cm³/mol. The molecule has 2 aromatic rings. The molecule has 4 heteroatoms. The van der Waals surface area contributed by atoms with E-state index in [2.05, 4.69) is 34.0 Å². The van der Waals surface area contributed by atoms with Crippen molar-refractivity contribution in [2.45, 2.75) is 19.4 Å². The van der Waals surface area contributed by atoms with Gasteiger partial charge < -0.3 is 14.6 Å². The zero-order valence-electron chi connectivity index (χ0n) is 11.1. The molecule has 1 aromatic heterocycles. The van der Waals surface area contributed by atoms with E-state index in [1.54, 1.807) is 7.11 Å². The summed E-state index contributed by atoms with van der Waals surface area (Å²) in [6, 6.07) is 8.23. The van der Waals surface area contributed by atoms with Gasteiger partial charge in [-0.25, -0.2) is 4.98 Å². The fourth-order valence-electron chi connectivity index (χ4n) is 2.05. The van der Waals surface area contributed by atoms with E-state index in [0.717, 1.165) is 43.9 Å². The van der Waals surface area contributed by atoms with Crippen LogP contribution in [-0.4, -0.2) is 29.8 Å². The van der Waals surface area contributed by atoms with Gasteiger partial charge in [-0.1, -0.05) is 12.1 Å². The summed E-state index contributed by atoms with van der Waals surface area (Å²) in [7, 11) is 3.81. The summed E-state index contributed by atoms with van der Waals surface area (Å²) in [5.41, 5.74) is 2.25. The summed E-state index contributed by atoms with van der Waals surface area (Å²) in [6.45, 7) is 2.67. The molecule has 18 heavy (non-hydrogen) atoms. The molecule has 0 saturated heterocycles. The van der Waals surface area contributed by atoms with E-state index < -0.39 is 0 Å². The Morgan fingerprint density at radius 2 is 2.11 bits per heavy atom. The van der Waals surface area contributed by atoms with Crippen molar-refractivity contribution in [1.29, 1.82) is 0 Å². The summed E-state index contributed by atoms with van der Waals surface area (Å²) in [4.78, 5) is 4.62. The average molecular weight is 247 g/mol. The van der Waals surface area contributed by atoms with Crippen molar-refractivity contribution >= 4 is 11.0 Å². The third-order valence-corrected chi connectivity index (χ3v) is 3.11. The van der Waals surface area contributed by atoms with Gasteiger partial charge in [-0.15, -0.1) is 0 Å². The zero-order valence-corrected chi connectivity index (χ0v) is 11.1. The molecule has 0 aliphatic carbocycles. The van der Waals surface area contributed by atoms with Crippen molar-refractivity contribution in [2.24, 2.45) is 7.05 Å². The SMILES string of the molecule is COCCCCNCc1nc2ccccc2n1C. The molecule has 0 saturated carbocycles. The number of para-hydroxylation sites is 2. The molecule has 0 aliphatic rings. The molecule has 0 fully saturated rings. The fourth-order valence-corrected chi connectivity index (χ4v) is 2.05. The molecule has 4 nitrogen and oxygen atoms in total. The van der Waals surface area contributed by atoms with Crippen LogP contribution in [0.3, 0.4) is 0 Å². The maximum atomic E-state index is 5.02. The highest BCUT2D eigenvalue weighted by Crippen LogP contribution is 2.13. The summed E-state index contributed by atoms with van der Waals surface area (Å²) < 4.78 is 7.17. The van der Waals surface area contributed by atoms with E-state index in [4.69, 9.17) is 4.74 Å². The molecule has 1 heterocycles. The number of hydrogen-bond donors (Lipinski definition) is 1. The van der Waals surface area contributed by atoms with Gasteiger partial charge in [0.15, 0.2) is 0 Å². The number of hydrogen-bond acceptors (Lipinski definition) is 3. The lowest BCUT2D eigenvalue weighted by molar-refractivity contribution is 0.192. The number of benzene rings is 1. The van der Waals surface area contributed by atoms with E-state index in [0.29, 0.717) is 0 Å². The quantitative estimate of drug-likeness (QED) is 0.761. The Kier molecular flexibility index (Phi) is 4.73. The van der Waals surface area contributed by atoms with E-state index >= 15 is 0 Å². The molecule has 0 bridgehead atoms. The maximum Gasteiger partial charge on any atom is 0.123 e. The number of nitrogens with one attached hydrogen (secondary N) is 1. The van der Waals surface area contributed by atoms with Crippen LogP contribution >= 0.6 is 0 Å². The van der Waals surface area contributed by atoms with Crippen LogP contribution < -0.4 is 5.32 Å². The van der Waals surface area contributed by atoms with E-state index in [1.807, 2.05) is 12.1 Å². The Bertz CT molecular complexity index is 493. The van der Waals surface area contributed by atoms with Crippen LogP contribution in [0.5, 0.6) is 0 Å². The predicted octanol–water partition coefficient (Wildman–Crippen LogP) is 2.09. The number of unbranched alkanes of at least 4 members (excludes halogenated alkanes) is 1. The maximum absolute atomic E-state index is 5.02. The van der Waals surface area contributed by atoms with Gasteiger partial charge in [0.05, 0.1) is 17.6 Å². The first kappa shape index (κ1) is 13.1. The zero-order chi connectivity index (χ0) is 12.8. The third kappa shape index (κ3) is 3.09.